The SMILES string of the molecule is CN(CCCc1cc(-c2ccc(F)cc2)n[nH]1)C(=O)Nc1ccc(C#N)cc1. The van der Waals surface area contributed by atoms with Gasteiger partial charge >= 0.3 is 6.03 Å². The largest absolute Gasteiger partial charge is 0.328 e. The van der Waals surface area contributed by atoms with Gasteiger partial charge in [0.05, 0.1) is 17.3 Å². The zero-order chi connectivity index (χ0) is 19.9. The van der Waals surface area contributed by atoms with Crippen molar-refractivity contribution in [1.82, 2.24) is 15.1 Å². The van der Waals surface area contributed by atoms with Crippen molar-refractivity contribution in [2.45, 2.75) is 12.8 Å². The molecule has 7 heteroatoms. The van der Waals surface area contributed by atoms with Gasteiger partial charge in [-0.3, -0.25) is 5.10 Å². The number of carbonyl (C=O) groups excluding carboxylic acids is 1. The molecule has 142 valence electrons. The van der Waals surface area contributed by atoms with Gasteiger partial charge in [0.1, 0.15) is 5.82 Å². The van der Waals surface area contributed by atoms with Crippen LogP contribution in [0.4, 0.5) is 14.9 Å². The monoisotopic (exact) mass is 377 g/mol. The van der Waals surface area contributed by atoms with E-state index in [1.807, 2.05) is 12.1 Å². The Kier molecular flexibility index (Phi) is 6.02. The number of rotatable bonds is 6. The highest BCUT2D eigenvalue weighted by Crippen LogP contribution is 2.18. The summed E-state index contributed by atoms with van der Waals surface area (Å²) in [5.74, 6) is -0.276. The number of aromatic nitrogens is 2. The van der Waals surface area contributed by atoms with Crippen LogP contribution in [-0.2, 0) is 6.42 Å². The summed E-state index contributed by atoms with van der Waals surface area (Å²) in [6.07, 6.45) is 1.50. The first kappa shape index (κ1) is 19.1. The van der Waals surface area contributed by atoms with Gasteiger partial charge in [-0.15, -0.1) is 0 Å². The number of nitrogens with one attached hydrogen (secondary N) is 2. The summed E-state index contributed by atoms with van der Waals surface area (Å²) in [4.78, 5) is 13.8. The van der Waals surface area contributed by atoms with Gasteiger partial charge in [-0.05, 0) is 67.4 Å². The predicted molar refractivity (Wildman–Crippen MR) is 105 cm³/mol. The molecule has 2 amide bonds. The minimum absolute atomic E-state index is 0.207. The maximum absolute atomic E-state index is 13.0. The van der Waals surface area contributed by atoms with Crippen molar-refractivity contribution >= 4 is 11.7 Å². The number of anilines is 1. The first-order valence-electron chi connectivity index (χ1n) is 8.87. The third kappa shape index (κ3) is 4.95. The van der Waals surface area contributed by atoms with Crippen LogP contribution in [0.2, 0.25) is 0 Å². The van der Waals surface area contributed by atoms with Gasteiger partial charge in [-0.25, -0.2) is 9.18 Å². The van der Waals surface area contributed by atoms with E-state index in [1.54, 1.807) is 48.3 Å². The molecule has 0 aliphatic rings. The lowest BCUT2D eigenvalue weighted by atomic mass is 10.1. The molecule has 0 bridgehead atoms. The maximum atomic E-state index is 13.0. The number of hydrogen-bond acceptors (Lipinski definition) is 3. The lowest BCUT2D eigenvalue weighted by Crippen LogP contribution is -2.32. The van der Waals surface area contributed by atoms with Gasteiger partial charge in [-0.2, -0.15) is 10.4 Å². The second-order valence-electron chi connectivity index (χ2n) is 6.43. The number of nitrogens with zero attached hydrogens (tertiary/aromatic N) is 3. The van der Waals surface area contributed by atoms with Gasteiger partial charge in [-0.1, -0.05) is 0 Å². The minimum Gasteiger partial charge on any atom is -0.328 e. The van der Waals surface area contributed by atoms with Crippen molar-refractivity contribution in [1.29, 1.82) is 5.26 Å². The van der Waals surface area contributed by atoms with E-state index in [4.69, 9.17) is 5.26 Å². The first-order valence-corrected chi connectivity index (χ1v) is 8.87. The Balaban J connectivity index is 1.47. The quantitative estimate of drug-likeness (QED) is 0.676. The van der Waals surface area contributed by atoms with Gasteiger partial charge in [0.2, 0.25) is 0 Å². The lowest BCUT2D eigenvalue weighted by Gasteiger charge is -2.17. The van der Waals surface area contributed by atoms with Crippen molar-refractivity contribution < 1.29 is 9.18 Å². The fraction of sp³-hybridized carbons (Fsp3) is 0.190. The molecule has 0 saturated heterocycles. The van der Waals surface area contributed by atoms with Crippen LogP contribution in [-0.4, -0.2) is 34.7 Å². The van der Waals surface area contributed by atoms with Gasteiger partial charge < -0.3 is 10.2 Å². The van der Waals surface area contributed by atoms with E-state index in [0.717, 1.165) is 29.8 Å². The van der Waals surface area contributed by atoms with Gasteiger partial charge in [0.25, 0.3) is 0 Å². The molecule has 0 aliphatic heterocycles. The summed E-state index contributed by atoms with van der Waals surface area (Å²) in [5.41, 5.74) is 3.77. The summed E-state index contributed by atoms with van der Waals surface area (Å²) in [6, 6.07) is 16.7. The number of aryl methyl sites for hydroxylation is 1. The Morgan fingerprint density at radius 3 is 2.61 bits per heavy atom. The van der Waals surface area contributed by atoms with Crippen LogP contribution in [0.15, 0.2) is 54.6 Å². The van der Waals surface area contributed by atoms with E-state index in [1.165, 1.54) is 12.1 Å². The number of carbonyl (C=O) groups is 1. The Labute approximate surface area is 162 Å². The molecule has 3 aromatic rings. The molecule has 2 N–H and O–H groups in total. The van der Waals surface area contributed by atoms with Gasteiger partial charge in [0.15, 0.2) is 0 Å². The van der Waals surface area contributed by atoms with Crippen LogP contribution in [0.3, 0.4) is 0 Å². The van der Waals surface area contributed by atoms with Crippen LogP contribution < -0.4 is 5.32 Å². The van der Waals surface area contributed by atoms with Crippen LogP contribution in [0.5, 0.6) is 0 Å². The second-order valence-corrected chi connectivity index (χ2v) is 6.43. The molecule has 28 heavy (non-hydrogen) atoms. The molecule has 0 saturated carbocycles. The second kappa shape index (κ2) is 8.82. The molecule has 3 rings (SSSR count). The maximum Gasteiger partial charge on any atom is 0.321 e. The average Bonchev–Trinajstić information content (AvgIpc) is 3.18. The standard InChI is InChI=1S/C21H20FN5O/c1-27(21(28)24-18-10-4-15(14-23)5-11-18)12-2-3-19-13-20(26-25-19)16-6-8-17(22)9-7-16/h4-11,13H,2-3,12H2,1H3,(H,24,28)(H,25,26). The smallest absolute Gasteiger partial charge is 0.321 e. The van der Waals surface area contributed by atoms with Crippen molar-refractivity contribution in [3.05, 3.63) is 71.7 Å². The fourth-order valence-corrected chi connectivity index (χ4v) is 2.71. The first-order chi connectivity index (χ1) is 13.5. The van der Waals surface area contributed by atoms with Crippen LogP contribution in [0.25, 0.3) is 11.3 Å². The zero-order valence-electron chi connectivity index (χ0n) is 15.4. The third-order valence-electron chi connectivity index (χ3n) is 4.32. The van der Waals surface area contributed by atoms with Crippen LogP contribution >= 0.6 is 0 Å². The Morgan fingerprint density at radius 2 is 1.93 bits per heavy atom. The van der Waals surface area contributed by atoms with Gasteiger partial charge in [0, 0.05) is 30.5 Å². The number of benzene rings is 2. The summed E-state index contributed by atoms with van der Waals surface area (Å²) in [6.45, 7) is 0.576. The molecule has 2 aromatic carbocycles. The van der Waals surface area contributed by atoms with Crippen LogP contribution in [0, 0.1) is 17.1 Å². The number of H-pyrrole nitrogens is 1. The summed E-state index contributed by atoms with van der Waals surface area (Å²) in [5, 5.41) is 18.8. The molecule has 1 heterocycles. The van der Waals surface area contributed by atoms with E-state index in [0.29, 0.717) is 17.8 Å². The minimum atomic E-state index is -0.276. The molecular weight excluding hydrogens is 357 g/mol. The molecular formula is C21H20FN5O. The highest BCUT2D eigenvalue weighted by molar-refractivity contribution is 5.89. The third-order valence-corrected chi connectivity index (χ3v) is 4.32. The van der Waals surface area contributed by atoms with Crippen molar-refractivity contribution in [2.24, 2.45) is 0 Å². The lowest BCUT2D eigenvalue weighted by molar-refractivity contribution is 0.222. The van der Waals surface area contributed by atoms with Crippen LogP contribution in [0.1, 0.15) is 17.7 Å². The van der Waals surface area contributed by atoms with E-state index < -0.39 is 0 Å². The normalized spacial score (nSPS) is 10.3. The Hall–Kier alpha value is -3.66. The number of aromatic amines is 1. The Bertz CT molecular complexity index is 973. The molecule has 0 spiro atoms. The number of amides is 2. The van der Waals surface area contributed by atoms with E-state index in [2.05, 4.69) is 15.5 Å². The Morgan fingerprint density at radius 1 is 1.21 bits per heavy atom. The molecule has 0 aliphatic carbocycles. The highest BCUT2D eigenvalue weighted by Gasteiger charge is 2.10. The summed E-state index contributed by atoms with van der Waals surface area (Å²) >= 11 is 0. The molecule has 0 unspecified atom stereocenters. The molecule has 0 atom stereocenters. The number of hydrogen-bond donors (Lipinski definition) is 2. The average molecular weight is 377 g/mol. The number of urea groups is 1. The fourth-order valence-electron chi connectivity index (χ4n) is 2.71. The number of nitriles is 1. The van der Waals surface area contributed by atoms with E-state index in [9.17, 15) is 9.18 Å². The van der Waals surface area contributed by atoms with E-state index in [-0.39, 0.29) is 11.8 Å². The molecule has 6 nitrogen and oxygen atoms in total. The van der Waals surface area contributed by atoms with Crippen molar-refractivity contribution in [2.75, 3.05) is 18.9 Å². The summed E-state index contributed by atoms with van der Waals surface area (Å²) in [7, 11) is 1.73. The molecule has 1 aromatic heterocycles. The molecule has 0 fully saturated rings. The van der Waals surface area contributed by atoms with Crippen molar-refractivity contribution in [3.8, 4) is 17.3 Å². The predicted octanol–water partition coefficient (Wildman–Crippen LogP) is 4.18. The van der Waals surface area contributed by atoms with Crippen molar-refractivity contribution in [3.63, 3.8) is 0 Å². The van der Waals surface area contributed by atoms with E-state index >= 15 is 0 Å². The highest BCUT2D eigenvalue weighted by atomic mass is 19.1. The number of halogens is 1. The molecule has 0 radical (unpaired) electrons. The zero-order valence-corrected chi connectivity index (χ0v) is 15.4. The topological polar surface area (TPSA) is 84.8 Å². The summed E-state index contributed by atoms with van der Waals surface area (Å²) < 4.78 is 13.0.